The molecule has 0 saturated carbocycles. The molecule has 17 heteroatoms. The molecule has 0 amide bonds. The first-order chi connectivity index (χ1) is 19.4. The van der Waals surface area contributed by atoms with Gasteiger partial charge in [-0.3, -0.25) is 0 Å². The van der Waals surface area contributed by atoms with Gasteiger partial charge in [0.25, 0.3) is 0 Å². The van der Waals surface area contributed by atoms with Crippen molar-refractivity contribution in [3.63, 3.8) is 0 Å². The van der Waals surface area contributed by atoms with Crippen LogP contribution in [0.1, 0.15) is 24.6 Å². The lowest BCUT2D eigenvalue weighted by Gasteiger charge is -2.40. The Bertz CT molecular complexity index is 1460. The van der Waals surface area contributed by atoms with E-state index in [2.05, 4.69) is 14.7 Å². The van der Waals surface area contributed by atoms with Gasteiger partial charge in [0.2, 0.25) is 5.82 Å². The largest absolute Gasteiger partial charge is 0.501 e. The Morgan fingerprint density at radius 1 is 0.929 bits per heavy atom. The molecule has 2 heterocycles. The monoisotopic (exact) mass is 634 g/mol. The predicted octanol–water partition coefficient (Wildman–Crippen LogP) is 8.56. The summed E-state index contributed by atoms with van der Waals surface area (Å²) in [5.74, 6) is -8.87. The standard InChI is InChI=1S/C25H20F10N2O4S/c1-2-5-38-11-14-12-39-23(40-13-14)16-9-36-24(37-10-16)25(29,30)41-17-3-4-18(19(26)8-17)15-6-20(27)22(21(28)7-15)42(31,32,33,34)35/h2-10,14,23H,11-13H2,1H3/b5-2+. The highest BCUT2D eigenvalue weighted by Gasteiger charge is 2.68. The number of benzene rings is 2. The van der Waals surface area contributed by atoms with Gasteiger partial charge in [-0.1, -0.05) is 25.5 Å². The molecule has 1 aromatic heterocycles. The number of aromatic nitrogens is 2. The lowest BCUT2D eigenvalue weighted by Crippen LogP contribution is -2.30. The summed E-state index contributed by atoms with van der Waals surface area (Å²) in [4.78, 5) is 3.70. The molecule has 0 spiro atoms. The van der Waals surface area contributed by atoms with E-state index in [0.29, 0.717) is 24.8 Å². The van der Waals surface area contributed by atoms with Crippen LogP contribution in [0.5, 0.6) is 5.75 Å². The fraction of sp³-hybridized carbons (Fsp3) is 0.280. The number of allylic oxidation sites excluding steroid dienone is 1. The minimum Gasteiger partial charge on any atom is -0.501 e. The maximum absolute atomic E-state index is 14.7. The fourth-order valence-electron chi connectivity index (χ4n) is 3.80. The van der Waals surface area contributed by atoms with Crippen molar-refractivity contribution in [2.24, 2.45) is 5.92 Å². The van der Waals surface area contributed by atoms with Gasteiger partial charge in [-0.2, -0.15) is 8.78 Å². The summed E-state index contributed by atoms with van der Waals surface area (Å²) in [5, 5.41) is 0. The van der Waals surface area contributed by atoms with Crippen molar-refractivity contribution in [2.45, 2.75) is 24.2 Å². The number of hydrogen-bond donors (Lipinski definition) is 0. The molecule has 4 rings (SSSR count). The number of alkyl halides is 2. The molecule has 230 valence electrons. The van der Waals surface area contributed by atoms with Crippen LogP contribution in [0.15, 0.2) is 60.0 Å². The zero-order valence-electron chi connectivity index (χ0n) is 21.2. The normalized spacial score (nSPS) is 19.8. The van der Waals surface area contributed by atoms with Crippen LogP contribution < -0.4 is 4.74 Å². The van der Waals surface area contributed by atoms with Crippen LogP contribution in [0.25, 0.3) is 11.1 Å². The van der Waals surface area contributed by atoms with Gasteiger partial charge in [-0.25, -0.2) is 23.1 Å². The summed E-state index contributed by atoms with van der Waals surface area (Å²) in [6.07, 6.45) is 0.0724. The maximum atomic E-state index is 14.7. The Balaban J connectivity index is 1.46. The third-order valence-electron chi connectivity index (χ3n) is 5.62. The van der Waals surface area contributed by atoms with Gasteiger partial charge >= 0.3 is 16.3 Å². The van der Waals surface area contributed by atoms with Gasteiger partial charge in [-0.15, -0.1) is 0 Å². The molecule has 6 nitrogen and oxygen atoms in total. The average Bonchev–Trinajstić information content (AvgIpc) is 2.87. The van der Waals surface area contributed by atoms with Crippen molar-refractivity contribution < 1.29 is 60.3 Å². The summed E-state index contributed by atoms with van der Waals surface area (Å²) < 4.78 is 157. The zero-order chi connectivity index (χ0) is 31.0. The number of ether oxygens (including phenoxy) is 4. The van der Waals surface area contributed by atoms with Crippen molar-refractivity contribution in [2.75, 3.05) is 19.8 Å². The van der Waals surface area contributed by atoms with Crippen molar-refractivity contribution in [1.29, 1.82) is 0 Å². The average molecular weight is 634 g/mol. The third kappa shape index (κ3) is 7.25. The lowest BCUT2D eigenvalue weighted by atomic mass is 10.0. The van der Waals surface area contributed by atoms with E-state index in [4.69, 9.17) is 14.2 Å². The summed E-state index contributed by atoms with van der Waals surface area (Å²) in [6.45, 7) is 2.63. The number of nitrogens with zero attached hydrogens (tertiary/aromatic N) is 2. The van der Waals surface area contributed by atoms with Crippen molar-refractivity contribution >= 4 is 10.2 Å². The summed E-state index contributed by atoms with van der Waals surface area (Å²) in [6, 6.07) is 1.38. The Morgan fingerprint density at radius 3 is 2.05 bits per heavy atom. The molecule has 2 aromatic carbocycles. The maximum Gasteiger partial charge on any atom is 0.462 e. The van der Waals surface area contributed by atoms with E-state index in [1.165, 1.54) is 6.26 Å². The van der Waals surface area contributed by atoms with Crippen LogP contribution in [0.2, 0.25) is 0 Å². The molecule has 3 aromatic rings. The van der Waals surface area contributed by atoms with Crippen LogP contribution in [0, 0.1) is 23.4 Å². The molecular weight excluding hydrogens is 614 g/mol. The van der Waals surface area contributed by atoms with Crippen molar-refractivity contribution in [3.8, 4) is 16.9 Å². The smallest absolute Gasteiger partial charge is 0.462 e. The molecule has 1 aliphatic heterocycles. The van der Waals surface area contributed by atoms with E-state index in [9.17, 15) is 41.4 Å². The first kappa shape index (κ1) is 31.4. The quantitative estimate of drug-likeness (QED) is 0.174. The molecule has 1 aliphatic rings. The highest BCUT2D eigenvalue weighted by molar-refractivity contribution is 8.45. The van der Waals surface area contributed by atoms with Gasteiger partial charge in [0.15, 0.2) is 11.2 Å². The fourth-order valence-corrected chi connectivity index (χ4v) is 4.66. The van der Waals surface area contributed by atoms with Crippen molar-refractivity contribution in [3.05, 3.63) is 83.9 Å². The molecular formula is C25H20F10N2O4S. The van der Waals surface area contributed by atoms with Gasteiger partial charge in [0.1, 0.15) is 23.2 Å². The van der Waals surface area contributed by atoms with Crippen LogP contribution in [-0.2, 0) is 20.3 Å². The molecule has 0 atom stereocenters. The van der Waals surface area contributed by atoms with E-state index >= 15 is 0 Å². The highest BCUT2D eigenvalue weighted by atomic mass is 32.5. The summed E-state index contributed by atoms with van der Waals surface area (Å²) in [5.41, 5.74) is -1.48. The Morgan fingerprint density at radius 2 is 1.52 bits per heavy atom. The van der Waals surface area contributed by atoms with E-state index in [-0.39, 0.29) is 36.8 Å². The molecule has 42 heavy (non-hydrogen) atoms. The van der Waals surface area contributed by atoms with Crippen molar-refractivity contribution in [1.82, 2.24) is 9.97 Å². The van der Waals surface area contributed by atoms with Gasteiger partial charge in [0.05, 0.1) is 26.1 Å². The zero-order valence-corrected chi connectivity index (χ0v) is 22.0. The molecule has 0 aliphatic carbocycles. The van der Waals surface area contributed by atoms with Gasteiger partial charge in [-0.05, 0) is 36.8 Å². The van der Waals surface area contributed by atoms with E-state index in [0.717, 1.165) is 12.4 Å². The molecule has 1 fully saturated rings. The van der Waals surface area contributed by atoms with E-state index in [1.54, 1.807) is 13.0 Å². The molecule has 1 saturated heterocycles. The van der Waals surface area contributed by atoms with Gasteiger partial charge < -0.3 is 18.9 Å². The van der Waals surface area contributed by atoms with E-state index in [1.807, 2.05) is 0 Å². The van der Waals surface area contributed by atoms with Crippen LogP contribution in [0.4, 0.5) is 41.4 Å². The van der Waals surface area contributed by atoms with Crippen LogP contribution in [-0.4, -0.2) is 29.8 Å². The van der Waals surface area contributed by atoms with Gasteiger partial charge in [0, 0.05) is 35.5 Å². The Kier molecular flexibility index (Phi) is 7.92. The number of halogens is 10. The topological polar surface area (TPSA) is 62.7 Å². The molecule has 0 bridgehead atoms. The predicted molar refractivity (Wildman–Crippen MR) is 129 cm³/mol. The lowest BCUT2D eigenvalue weighted by molar-refractivity contribution is -0.210. The second kappa shape index (κ2) is 10.6. The molecule has 0 N–H and O–H groups in total. The number of rotatable bonds is 9. The third-order valence-corrected chi connectivity index (χ3v) is 6.78. The van der Waals surface area contributed by atoms with Crippen LogP contribution in [0.3, 0.4) is 0 Å². The summed E-state index contributed by atoms with van der Waals surface area (Å²) in [7, 11) is -10.8. The minimum atomic E-state index is -10.8. The second-order valence-electron chi connectivity index (χ2n) is 9.01. The Labute approximate surface area is 231 Å². The van der Waals surface area contributed by atoms with E-state index < -0.39 is 67.7 Å². The molecule has 0 radical (unpaired) electrons. The summed E-state index contributed by atoms with van der Waals surface area (Å²) >= 11 is 0. The second-order valence-corrected chi connectivity index (χ2v) is 11.4. The molecule has 0 unspecified atom stereocenters. The number of hydrogen-bond acceptors (Lipinski definition) is 6. The first-order valence-corrected chi connectivity index (χ1v) is 13.7. The minimum absolute atomic E-state index is 0.0645. The van der Waals surface area contributed by atoms with Crippen LogP contribution >= 0.6 is 10.2 Å². The first-order valence-electron chi connectivity index (χ1n) is 11.8. The SMILES string of the molecule is C/C=C/OCC1COC(c2cnc(C(F)(F)Oc3ccc(-c4cc(F)c(S(F)(F)(F)(F)F)c(F)c4)c(F)c3)nc2)OC1. The Hall–Kier alpha value is -3.57. The highest BCUT2D eigenvalue weighted by Crippen LogP contribution is 3.02.